The van der Waals surface area contributed by atoms with Crippen LogP contribution >= 0.6 is 0 Å². The number of carbonyl (C=O) groups excluding carboxylic acids is 5. The van der Waals surface area contributed by atoms with E-state index < -0.39 is 30.4 Å². The molecule has 2 fully saturated rings. The van der Waals surface area contributed by atoms with Gasteiger partial charge in [-0.3, -0.25) is 19.3 Å². The molecule has 1 aromatic rings. The van der Waals surface area contributed by atoms with Crippen LogP contribution < -0.4 is 4.74 Å². The number of hydrogen-bond donors (Lipinski definition) is 0. The molecule has 0 aliphatic carbocycles. The highest BCUT2D eigenvalue weighted by atomic mass is 16.7. The minimum Gasteiger partial charge on any atom is -0.482 e. The average Bonchev–Trinajstić information content (AvgIpc) is 3.02. The van der Waals surface area contributed by atoms with Gasteiger partial charge < -0.3 is 38.2 Å². The lowest BCUT2D eigenvalue weighted by Gasteiger charge is -2.42. The first kappa shape index (κ1) is 35.7. The van der Waals surface area contributed by atoms with Crippen LogP contribution in [0.3, 0.4) is 0 Å². The molecule has 1 unspecified atom stereocenters. The number of piperazine rings is 1. The van der Waals surface area contributed by atoms with Gasteiger partial charge in [-0.2, -0.15) is 0 Å². The monoisotopic (exact) mass is 635 g/mol. The predicted octanol–water partition coefficient (Wildman–Crippen LogP) is 1.89. The lowest BCUT2D eigenvalue weighted by atomic mass is 10.0. The normalized spacial score (nSPS) is 16.8. The van der Waals surface area contributed by atoms with E-state index >= 15 is 0 Å². The standard InChI is InChI=1S/C31H45N3O11/c1-5-40-19-27(20-41-6-2)45-30(38)21-42-26-9-7-24(8-10-26)28(36)17-34-16-15-33(18-29(34)37)25-11-13-32(14-12-25)31(39)44-23(4)43-22(3)35/h7-10,23,25,27H,5-6,11-21H2,1-4H3. The molecular formula is C31H45N3O11. The van der Waals surface area contributed by atoms with Crippen molar-refractivity contribution in [2.24, 2.45) is 0 Å². The molecule has 250 valence electrons. The van der Waals surface area contributed by atoms with E-state index in [2.05, 4.69) is 4.90 Å². The summed E-state index contributed by atoms with van der Waals surface area (Å²) in [4.78, 5) is 66.6. The molecule has 2 heterocycles. The van der Waals surface area contributed by atoms with Crippen LogP contribution in [0, 0.1) is 0 Å². The fourth-order valence-electron chi connectivity index (χ4n) is 5.07. The maximum Gasteiger partial charge on any atom is 0.412 e. The van der Waals surface area contributed by atoms with Crippen molar-refractivity contribution in [3.8, 4) is 5.75 Å². The molecule has 2 aliphatic rings. The Morgan fingerprint density at radius 1 is 0.889 bits per heavy atom. The zero-order valence-electron chi connectivity index (χ0n) is 26.6. The molecule has 3 rings (SSSR count). The van der Waals surface area contributed by atoms with Crippen molar-refractivity contribution in [3.63, 3.8) is 0 Å². The van der Waals surface area contributed by atoms with Gasteiger partial charge in [0.1, 0.15) is 11.9 Å². The van der Waals surface area contributed by atoms with Gasteiger partial charge in [0.2, 0.25) is 12.2 Å². The number of esters is 2. The minimum atomic E-state index is -0.959. The number of hydrogen-bond acceptors (Lipinski definition) is 12. The highest BCUT2D eigenvalue weighted by Gasteiger charge is 2.33. The van der Waals surface area contributed by atoms with E-state index in [0.29, 0.717) is 63.5 Å². The maximum absolute atomic E-state index is 12.9. The summed E-state index contributed by atoms with van der Waals surface area (Å²) in [5, 5.41) is 0. The van der Waals surface area contributed by atoms with E-state index in [-0.39, 0.29) is 50.6 Å². The highest BCUT2D eigenvalue weighted by molar-refractivity contribution is 5.99. The van der Waals surface area contributed by atoms with Crippen molar-refractivity contribution in [3.05, 3.63) is 29.8 Å². The van der Waals surface area contributed by atoms with Gasteiger partial charge in [0.05, 0.1) is 26.3 Å². The summed E-state index contributed by atoms with van der Waals surface area (Å²) in [5.41, 5.74) is 0.427. The molecule has 14 heteroatoms. The van der Waals surface area contributed by atoms with Crippen molar-refractivity contribution >= 4 is 29.7 Å². The first-order valence-electron chi connectivity index (χ1n) is 15.3. The minimum absolute atomic E-state index is 0.0366. The summed E-state index contributed by atoms with van der Waals surface area (Å²) in [7, 11) is 0. The zero-order valence-corrected chi connectivity index (χ0v) is 26.6. The Balaban J connectivity index is 1.39. The van der Waals surface area contributed by atoms with Gasteiger partial charge in [0, 0.05) is 64.8 Å². The number of ketones is 1. The number of ether oxygens (including phenoxy) is 6. The predicted molar refractivity (Wildman–Crippen MR) is 160 cm³/mol. The second kappa shape index (κ2) is 18.3. The molecule has 2 amide bonds. The Hall–Kier alpha value is -3.75. The third-order valence-electron chi connectivity index (χ3n) is 7.37. The average molecular weight is 636 g/mol. The highest BCUT2D eigenvalue weighted by Crippen LogP contribution is 2.20. The number of benzene rings is 1. The van der Waals surface area contributed by atoms with E-state index in [1.807, 2.05) is 13.8 Å². The number of Topliss-reactive ketones (excluding diaryl/α,β-unsaturated/α-hetero) is 1. The summed E-state index contributed by atoms with van der Waals surface area (Å²) in [5.74, 6) is -1.02. The van der Waals surface area contributed by atoms with Crippen molar-refractivity contribution < 1.29 is 52.4 Å². The summed E-state index contributed by atoms with van der Waals surface area (Å²) in [6.07, 6.45) is -0.672. The van der Waals surface area contributed by atoms with Gasteiger partial charge >= 0.3 is 18.0 Å². The van der Waals surface area contributed by atoms with Crippen LogP contribution in [0.1, 0.15) is 50.9 Å². The van der Waals surface area contributed by atoms with Crippen LogP contribution in [-0.2, 0) is 38.1 Å². The molecule has 1 aromatic carbocycles. The van der Waals surface area contributed by atoms with Crippen LogP contribution in [0.25, 0.3) is 0 Å². The second-order valence-corrected chi connectivity index (χ2v) is 10.7. The summed E-state index contributed by atoms with van der Waals surface area (Å²) in [6, 6.07) is 6.52. The van der Waals surface area contributed by atoms with E-state index in [1.54, 1.807) is 34.1 Å². The van der Waals surface area contributed by atoms with E-state index in [1.165, 1.54) is 13.8 Å². The summed E-state index contributed by atoms with van der Waals surface area (Å²) < 4.78 is 31.5. The van der Waals surface area contributed by atoms with Crippen molar-refractivity contribution in [1.82, 2.24) is 14.7 Å². The fraction of sp³-hybridized carbons (Fsp3) is 0.645. The first-order chi connectivity index (χ1) is 21.6. The first-order valence-corrected chi connectivity index (χ1v) is 15.3. The van der Waals surface area contributed by atoms with Crippen LogP contribution in [0.15, 0.2) is 24.3 Å². The lowest BCUT2D eigenvalue weighted by Crippen LogP contribution is -2.56. The molecule has 0 radical (unpaired) electrons. The molecule has 2 saturated heterocycles. The topological polar surface area (TPSA) is 150 Å². The molecule has 2 aliphatic heterocycles. The van der Waals surface area contributed by atoms with E-state index in [0.717, 1.165) is 0 Å². The zero-order chi connectivity index (χ0) is 32.8. The van der Waals surface area contributed by atoms with Crippen LogP contribution in [0.2, 0.25) is 0 Å². The summed E-state index contributed by atoms with van der Waals surface area (Å²) >= 11 is 0. The van der Waals surface area contributed by atoms with Gasteiger partial charge in [-0.05, 0) is 51.0 Å². The molecule has 45 heavy (non-hydrogen) atoms. The molecule has 0 aromatic heterocycles. The molecule has 0 N–H and O–H groups in total. The third kappa shape index (κ3) is 11.9. The summed E-state index contributed by atoms with van der Waals surface area (Å²) in [6.45, 7) is 9.71. The van der Waals surface area contributed by atoms with E-state index in [4.69, 9.17) is 28.4 Å². The quantitative estimate of drug-likeness (QED) is 0.148. The van der Waals surface area contributed by atoms with Gasteiger partial charge in [-0.15, -0.1) is 0 Å². The van der Waals surface area contributed by atoms with Gasteiger partial charge in [0.15, 0.2) is 12.4 Å². The number of nitrogens with zero attached hydrogens (tertiary/aromatic N) is 3. The largest absolute Gasteiger partial charge is 0.482 e. The Kier molecular flexibility index (Phi) is 14.5. The van der Waals surface area contributed by atoms with Crippen molar-refractivity contribution in [2.75, 3.05) is 72.3 Å². The smallest absolute Gasteiger partial charge is 0.412 e. The van der Waals surface area contributed by atoms with Gasteiger partial charge in [0.25, 0.3) is 0 Å². The van der Waals surface area contributed by atoms with E-state index in [9.17, 15) is 24.0 Å². The lowest BCUT2D eigenvalue weighted by molar-refractivity contribution is -0.163. The Morgan fingerprint density at radius 3 is 2.11 bits per heavy atom. The SMILES string of the molecule is CCOCC(COCC)OC(=O)COc1ccc(C(=O)CN2CCN(C3CCN(C(=O)OC(C)OC(C)=O)CC3)CC2=O)cc1. The Labute approximate surface area is 263 Å². The van der Waals surface area contributed by atoms with Crippen LogP contribution in [0.5, 0.6) is 5.75 Å². The van der Waals surface area contributed by atoms with Crippen molar-refractivity contribution in [2.45, 2.75) is 59.0 Å². The number of likely N-dealkylation sites (tertiary alicyclic amines) is 1. The molecule has 0 saturated carbocycles. The van der Waals surface area contributed by atoms with Crippen molar-refractivity contribution in [1.29, 1.82) is 0 Å². The van der Waals surface area contributed by atoms with Gasteiger partial charge in [-0.25, -0.2) is 9.59 Å². The molecule has 0 bridgehead atoms. The number of piperidine rings is 1. The van der Waals surface area contributed by atoms with Crippen LogP contribution in [-0.4, -0.2) is 135 Å². The number of rotatable bonds is 16. The molecule has 14 nitrogen and oxygen atoms in total. The molecule has 0 spiro atoms. The Bertz CT molecular complexity index is 1130. The van der Waals surface area contributed by atoms with Crippen LogP contribution in [0.4, 0.5) is 4.79 Å². The fourth-order valence-corrected chi connectivity index (χ4v) is 5.07. The molecule has 1 atom stereocenters. The second-order valence-electron chi connectivity index (χ2n) is 10.7. The molecular weight excluding hydrogens is 590 g/mol. The maximum atomic E-state index is 12.9. The number of carbonyl (C=O) groups is 5. The third-order valence-corrected chi connectivity index (χ3v) is 7.37. The number of amides is 2. The Morgan fingerprint density at radius 2 is 1.53 bits per heavy atom. The van der Waals surface area contributed by atoms with Gasteiger partial charge in [-0.1, -0.05) is 0 Å².